The maximum Gasteiger partial charge on any atom is 0.155 e. The van der Waals surface area contributed by atoms with Crippen LogP contribution in [-0.2, 0) is 13.0 Å². The van der Waals surface area contributed by atoms with Gasteiger partial charge < -0.3 is 9.67 Å². The van der Waals surface area contributed by atoms with Crippen molar-refractivity contribution in [3.8, 4) is 6.07 Å². The monoisotopic (exact) mass is 317 g/mol. The molecule has 0 saturated carbocycles. The lowest BCUT2D eigenvalue weighted by atomic mass is 10.1. The van der Waals surface area contributed by atoms with Crippen LogP contribution in [0.25, 0.3) is 16.6 Å². The van der Waals surface area contributed by atoms with Gasteiger partial charge in [0, 0.05) is 13.0 Å². The fraction of sp³-hybridized carbons (Fsp3) is 0.200. The number of aryl methyl sites for hydroxylation is 2. The highest BCUT2D eigenvalue weighted by molar-refractivity contribution is 5.83. The maximum atomic E-state index is 10.5. The number of nitriles is 1. The molecule has 0 atom stereocenters. The van der Waals surface area contributed by atoms with E-state index in [0.29, 0.717) is 25.2 Å². The van der Waals surface area contributed by atoms with Crippen molar-refractivity contribution in [1.82, 2.24) is 9.55 Å². The van der Waals surface area contributed by atoms with Gasteiger partial charge in [0.25, 0.3) is 0 Å². The van der Waals surface area contributed by atoms with E-state index in [4.69, 9.17) is 0 Å². The summed E-state index contributed by atoms with van der Waals surface area (Å²) in [6, 6.07) is 19.8. The molecule has 120 valence electrons. The number of allylic oxidation sites excluding steroid dienone is 2. The third kappa shape index (κ3) is 3.02. The molecule has 1 heterocycles. The topological polar surface area (TPSA) is 61.8 Å². The number of aromatic nitrogens is 2. The van der Waals surface area contributed by atoms with Crippen molar-refractivity contribution in [3.63, 3.8) is 0 Å². The van der Waals surface area contributed by atoms with Crippen LogP contribution in [0.2, 0.25) is 0 Å². The van der Waals surface area contributed by atoms with Gasteiger partial charge in [-0.05, 0) is 31.0 Å². The number of hydrogen-bond donors (Lipinski definition) is 1. The van der Waals surface area contributed by atoms with E-state index in [1.54, 1.807) is 0 Å². The first-order valence-electron chi connectivity index (χ1n) is 8.06. The number of imidazole rings is 1. The molecule has 24 heavy (non-hydrogen) atoms. The zero-order valence-corrected chi connectivity index (χ0v) is 13.6. The Kier molecular flexibility index (Phi) is 4.62. The summed E-state index contributed by atoms with van der Waals surface area (Å²) < 4.78 is 1.96. The van der Waals surface area contributed by atoms with E-state index >= 15 is 0 Å². The van der Waals surface area contributed by atoms with Gasteiger partial charge in [-0.3, -0.25) is 0 Å². The van der Waals surface area contributed by atoms with Gasteiger partial charge >= 0.3 is 0 Å². The zero-order chi connectivity index (χ0) is 16.9. The molecule has 1 aromatic heterocycles. The van der Waals surface area contributed by atoms with Gasteiger partial charge in [-0.2, -0.15) is 5.26 Å². The first-order chi connectivity index (χ1) is 11.7. The van der Waals surface area contributed by atoms with Crippen molar-refractivity contribution in [2.24, 2.45) is 0 Å². The van der Waals surface area contributed by atoms with Crippen molar-refractivity contribution in [3.05, 3.63) is 71.7 Å². The maximum absolute atomic E-state index is 10.5. The average molecular weight is 317 g/mol. The summed E-state index contributed by atoms with van der Waals surface area (Å²) in [7, 11) is 0. The SMILES string of the molecule is CCn1c(/C(C#N)=C(/O)CCc2ccccc2)nc2ccccc21. The Hall–Kier alpha value is -3.06. The van der Waals surface area contributed by atoms with Crippen molar-refractivity contribution in [1.29, 1.82) is 5.26 Å². The first-order valence-corrected chi connectivity index (χ1v) is 8.06. The Morgan fingerprint density at radius 1 is 1.12 bits per heavy atom. The van der Waals surface area contributed by atoms with Crippen LogP contribution in [0, 0.1) is 11.3 Å². The van der Waals surface area contributed by atoms with E-state index in [-0.39, 0.29) is 11.3 Å². The second-order valence-electron chi connectivity index (χ2n) is 5.59. The number of rotatable bonds is 5. The quantitative estimate of drug-likeness (QED) is 0.557. The van der Waals surface area contributed by atoms with Crippen LogP contribution in [-0.4, -0.2) is 14.7 Å². The molecule has 0 aliphatic carbocycles. The molecular weight excluding hydrogens is 298 g/mol. The molecule has 1 N–H and O–H groups in total. The molecule has 0 amide bonds. The fourth-order valence-corrected chi connectivity index (χ4v) is 2.86. The van der Waals surface area contributed by atoms with Crippen molar-refractivity contribution in [2.75, 3.05) is 0 Å². The number of nitrogens with zero attached hydrogens (tertiary/aromatic N) is 3. The summed E-state index contributed by atoms with van der Waals surface area (Å²) in [5.74, 6) is 0.623. The number of fused-ring (bicyclic) bond motifs is 1. The lowest BCUT2D eigenvalue weighted by Crippen LogP contribution is -2.03. The minimum atomic E-state index is 0.0892. The molecule has 0 unspecified atom stereocenters. The van der Waals surface area contributed by atoms with E-state index in [2.05, 4.69) is 11.1 Å². The van der Waals surface area contributed by atoms with Gasteiger partial charge in [-0.25, -0.2) is 4.98 Å². The molecular formula is C20H19N3O. The van der Waals surface area contributed by atoms with E-state index in [0.717, 1.165) is 16.6 Å². The second kappa shape index (κ2) is 7.01. The van der Waals surface area contributed by atoms with E-state index in [1.165, 1.54) is 0 Å². The first kappa shape index (κ1) is 15.8. The summed E-state index contributed by atoms with van der Waals surface area (Å²) in [4.78, 5) is 4.55. The summed E-state index contributed by atoms with van der Waals surface area (Å²) in [5.41, 5.74) is 3.19. The van der Waals surface area contributed by atoms with Crippen LogP contribution in [0.1, 0.15) is 24.7 Å². The van der Waals surface area contributed by atoms with E-state index in [1.807, 2.05) is 66.1 Å². The minimum Gasteiger partial charge on any atom is -0.511 e. The standard InChI is InChI=1S/C20H19N3O/c1-2-23-18-11-7-6-10-17(18)22-20(23)16(14-21)19(24)13-12-15-8-4-3-5-9-15/h3-11,24H,2,12-13H2,1H3/b19-16+. The highest BCUT2D eigenvalue weighted by Crippen LogP contribution is 2.24. The second-order valence-corrected chi connectivity index (χ2v) is 5.59. The van der Waals surface area contributed by atoms with Crippen molar-refractivity contribution >= 4 is 16.6 Å². The Balaban J connectivity index is 1.97. The van der Waals surface area contributed by atoms with Crippen LogP contribution < -0.4 is 0 Å². The molecule has 3 rings (SSSR count). The molecule has 2 aromatic carbocycles. The van der Waals surface area contributed by atoms with Crippen LogP contribution in [0.3, 0.4) is 0 Å². The minimum absolute atomic E-state index is 0.0892. The van der Waals surface area contributed by atoms with Gasteiger partial charge in [-0.1, -0.05) is 42.5 Å². The van der Waals surface area contributed by atoms with Gasteiger partial charge in [-0.15, -0.1) is 0 Å². The number of benzene rings is 2. The predicted molar refractivity (Wildman–Crippen MR) is 95.3 cm³/mol. The van der Waals surface area contributed by atoms with E-state index < -0.39 is 0 Å². The average Bonchev–Trinajstić information content (AvgIpc) is 2.99. The van der Waals surface area contributed by atoms with Gasteiger partial charge in [0.1, 0.15) is 17.4 Å². The fourth-order valence-electron chi connectivity index (χ4n) is 2.86. The van der Waals surface area contributed by atoms with Gasteiger partial charge in [0.2, 0.25) is 0 Å². The van der Waals surface area contributed by atoms with Crippen molar-refractivity contribution < 1.29 is 5.11 Å². The largest absolute Gasteiger partial charge is 0.511 e. The van der Waals surface area contributed by atoms with Crippen LogP contribution in [0.15, 0.2) is 60.4 Å². The molecule has 4 nitrogen and oxygen atoms in total. The highest BCUT2D eigenvalue weighted by atomic mass is 16.3. The molecule has 0 fully saturated rings. The third-order valence-electron chi connectivity index (χ3n) is 4.09. The number of para-hydroxylation sites is 2. The summed E-state index contributed by atoms with van der Waals surface area (Å²) in [6.07, 6.45) is 1.10. The summed E-state index contributed by atoms with van der Waals surface area (Å²) in [6.45, 7) is 2.70. The van der Waals surface area contributed by atoms with Gasteiger partial charge in [0.05, 0.1) is 11.0 Å². The van der Waals surface area contributed by atoms with Crippen LogP contribution in [0.5, 0.6) is 0 Å². The normalized spacial score (nSPS) is 12.0. The lowest BCUT2D eigenvalue weighted by Gasteiger charge is -2.07. The number of aliphatic hydroxyl groups is 1. The predicted octanol–water partition coefficient (Wildman–Crippen LogP) is 4.48. The molecule has 0 aliphatic rings. The Bertz CT molecular complexity index is 917. The Morgan fingerprint density at radius 2 is 1.83 bits per heavy atom. The Labute approximate surface area is 141 Å². The van der Waals surface area contributed by atoms with Crippen molar-refractivity contribution in [2.45, 2.75) is 26.3 Å². The third-order valence-corrected chi connectivity index (χ3v) is 4.09. The molecule has 0 aliphatic heterocycles. The van der Waals surface area contributed by atoms with Crippen LogP contribution in [0.4, 0.5) is 0 Å². The number of hydrogen-bond acceptors (Lipinski definition) is 3. The number of aliphatic hydroxyl groups excluding tert-OH is 1. The Morgan fingerprint density at radius 3 is 2.54 bits per heavy atom. The molecule has 0 spiro atoms. The summed E-state index contributed by atoms with van der Waals surface area (Å²) in [5, 5.41) is 20.0. The zero-order valence-electron chi connectivity index (χ0n) is 13.6. The molecule has 4 heteroatoms. The highest BCUT2D eigenvalue weighted by Gasteiger charge is 2.17. The van der Waals surface area contributed by atoms with Crippen LogP contribution >= 0.6 is 0 Å². The summed E-state index contributed by atoms with van der Waals surface area (Å²) >= 11 is 0. The molecule has 0 saturated heterocycles. The van der Waals surface area contributed by atoms with Gasteiger partial charge in [0.15, 0.2) is 5.82 Å². The molecule has 3 aromatic rings. The lowest BCUT2D eigenvalue weighted by molar-refractivity contribution is 0.391. The van der Waals surface area contributed by atoms with E-state index in [9.17, 15) is 10.4 Å². The molecule has 0 bridgehead atoms. The smallest absolute Gasteiger partial charge is 0.155 e. The molecule has 0 radical (unpaired) electrons.